The molecule has 0 saturated heterocycles. The predicted molar refractivity (Wildman–Crippen MR) is 124 cm³/mol. The number of carbonyl (C=O) groups is 1. The smallest absolute Gasteiger partial charge is 0.423 e. The summed E-state index contributed by atoms with van der Waals surface area (Å²) in [6, 6.07) is 9.85. The molecule has 0 aliphatic rings. The van der Waals surface area contributed by atoms with E-state index in [1.54, 1.807) is 0 Å². The molecule has 0 N–H and O–H groups in total. The van der Waals surface area contributed by atoms with Crippen molar-refractivity contribution in [2.75, 3.05) is 0 Å². The van der Waals surface area contributed by atoms with E-state index >= 15 is 0 Å². The first-order valence-electron chi connectivity index (χ1n) is 12.0. The molecule has 4 rings (SSSR count). The van der Waals surface area contributed by atoms with Gasteiger partial charge in [0.1, 0.15) is 11.2 Å². The van der Waals surface area contributed by atoms with Crippen molar-refractivity contribution in [2.24, 2.45) is 0 Å². The third-order valence-electron chi connectivity index (χ3n) is 6.30. The van der Waals surface area contributed by atoms with Gasteiger partial charge in [-0.05, 0) is 36.4 Å². The van der Waals surface area contributed by atoms with Crippen LogP contribution in [0, 0.1) is 7.14 Å². The summed E-state index contributed by atoms with van der Waals surface area (Å²) in [4.78, 5) is 35.7. The minimum absolute atomic E-state index is 0.111. The van der Waals surface area contributed by atoms with E-state index in [0.717, 1.165) is 60.7 Å². The number of fused-ring (bicyclic) bond motifs is 2. The molecular weight excluding hydrogens is 820 g/mol. The maximum atomic E-state index is 14.8. The lowest BCUT2D eigenvalue weighted by Crippen LogP contribution is -3.85. The van der Waals surface area contributed by atoms with Crippen LogP contribution < -0.4 is 31.5 Å². The van der Waals surface area contributed by atoms with Crippen LogP contribution in [0.15, 0.2) is 79.1 Å². The molecule has 6 nitrogen and oxygen atoms in total. The molecule has 2 aromatic heterocycles. The van der Waals surface area contributed by atoms with E-state index < -0.39 is 86.3 Å². The number of benzene rings is 2. The molecule has 261 valence electrons. The average molecular weight is 830 g/mol. The molecule has 0 aliphatic carbocycles. The SMILES string of the molecule is O=C(O[I+](c1ccc2ccc(=O)oc2c1)c1ccc2ccc(=O)oc2c1)C(F)(F)C(F)(F)C(F)(F)C(F)(F)C(F)(F)C(F)(F)C(F)(F)F. The van der Waals surface area contributed by atoms with Crippen molar-refractivity contribution in [2.45, 2.75) is 41.7 Å². The van der Waals surface area contributed by atoms with E-state index in [9.17, 15) is 80.2 Å². The maximum Gasteiger partial charge on any atom is 0.460 e. The summed E-state index contributed by atoms with van der Waals surface area (Å²) in [5.74, 6) is -53.1. The first kappa shape index (κ1) is 36.8. The molecule has 0 bridgehead atoms. The van der Waals surface area contributed by atoms with Crippen LogP contribution in [0.3, 0.4) is 0 Å². The molecule has 0 amide bonds. The first-order valence-corrected chi connectivity index (χ1v) is 15.1. The monoisotopic (exact) mass is 830 g/mol. The predicted octanol–water partition coefficient (Wildman–Crippen LogP) is 4.40. The minimum Gasteiger partial charge on any atom is -0.423 e. The summed E-state index contributed by atoms with van der Waals surface area (Å²) < 4.78 is 219. The fraction of sp³-hybridized carbons (Fsp3) is 0.269. The van der Waals surface area contributed by atoms with Gasteiger partial charge in [-0.25, -0.2) is 17.4 Å². The molecule has 1 radical (unpaired) electrons. The van der Waals surface area contributed by atoms with E-state index in [4.69, 9.17) is 8.83 Å². The highest BCUT2D eigenvalue weighted by molar-refractivity contribution is 5.79. The van der Waals surface area contributed by atoms with Crippen molar-refractivity contribution in [3.63, 3.8) is 0 Å². The summed E-state index contributed by atoms with van der Waals surface area (Å²) >= 11 is -4.69. The van der Waals surface area contributed by atoms with Crippen molar-refractivity contribution >= 4 is 27.9 Å². The molecule has 48 heavy (non-hydrogen) atoms. The van der Waals surface area contributed by atoms with Crippen molar-refractivity contribution in [1.82, 2.24) is 0 Å². The van der Waals surface area contributed by atoms with Crippen LogP contribution in [0.25, 0.3) is 21.9 Å². The van der Waals surface area contributed by atoms with Gasteiger partial charge in [-0.3, -0.25) is 0 Å². The van der Waals surface area contributed by atoms with Crippen LogP contribution in [0.1, 0.15) is 0 Å². The zero-order valence-corrected chi connectivity index (χ0v) is 24.4. The molecule has 2 aromatic carbocycles. The average Bonchev–Trinajstić information content (AvgIpc) is 2.97. The van der Waals surface area contributed by atoms with E-state index in [0.29, 0.717) is 0 Å². The van der Waals surface area contributed by atoms with Crippen LogP contribution >= 0.6 is 0 Å². The Hall–Kier alpha value is -3.99. The van der Waals surface area contributed by atoms with Crippen molar-refractivity contribution in [3.8, 4) is 0 Å². The van der Waals surface area contributed by atoms with Crippen molar-refractivity contribution in [3.05, 3.63) is 88.6 Å². The minimum atomic E-state index is -8.60. The van der Waals surface area contributed by atoms with Gasteiger partial charge in [0.15, 0.2) is 7.14 Å². The number of hydrogen-bond donors (Lipinski definition) is 0. The Kier molecular flexibility index (Phi) is 8.88. The van der Waals surface area contributed by atoms with Gasteiger partial charge in [0.05, 0.1) is 0 Å². The number of carbonyl (C=O) groups excluding carboxylic acids is 1. The molecule has 0 spiro atoms. The standard InChI is InChI=1S/C26H10F15IO6/c27-20(28,21(29,30)22(31,32)23(33,34)24(35,36)25(37,38)26(39,40)41)19(45)48-42(13-5-1-11-3-7-17(43)46-15(11)9-13)14-6-2-12-4-8-18(44)47-16(12)10-14/h1-10H/q+1. The second-order valence-electron chi connectivity index (χ2n) is 9.43. The van der Waals surface area contributed by atoms with Gasteiger partial charge in [-0.1, -0.05) is 0 Å². The van der Waals surface area contributed by atoms with Crippen molar-refractivity contribution < 1.29 is 103 Å². The fourth-order valence-electron chi connectivity index (χ4n) is 3.71. The summed E-state index contributed by atoms with van der Waals surface area (Å²) in [5, 5.41) is 0.223. The summed E-state index contributed by atoms with van der Waals surface area (Å²) in [6.07, 6.45) is -7.79. The Morgan fingerprint density at radius 1 is 0.521 bits per heavy atom. The molecule has 0 unspecified atom stereocenters. The van der Waals surface area contributed by atoms with Gasteiger partial charge < -0.3 is 8.83 Å². The number of alkyl halides is 15. The van der Waals surface area contributed by atoms with Crippen molar-refractivity contribution in [1.29, 1.82) is 0 Å². The number of hydrogen-bond acceptors (Lipinski definition) is 6. The maximum absolute atomic E-state index is 14.8. The topological polar surface area (TPSA) is 86.7 Å². The second kappa shape index (κ2) is 11.6. The molecular formula is C26H10F15IO6+. The zero-order valence-electron chi connectivity index (χ0n) is 22.3. The van der Waals surface area contributed by atoms with Crippen LogP contribution in [0.2, 0.25) is 0 Å². The van der Waals surface area contributed by atoms with E-state index in [2.05, 4.69) is 3.07 Å². The normalized spacial score (nSPS) is 14.2. The fourth-order valence-corrected chi connectivity index (χ4v) is 7.76. The molecule has 0 aliphatic heterocycles. The van der Waals surface area contributed by atoms with E-state index in [-0.39, 0.29) is 21.9 Å². The van der Waals surface area contributed by atoms with Gasteiger partial charge in [-0.15, -0.1) is 0 Å². The highest BCUT2D eigenvalue weighted by Gasteiger charge is 2.94. The van der Waals surface area contributed by atoms with E-state index in [1.165, 1.54) is 0 Å². The largest absolute Gasteiger partial charge is 0.460 e. The molecule has 0 fully saturated rings. The lowest BCUT2D eigenvalue weighted by atomic mass is 9.91. The molecule has 0 atom stereocenters. The van der Waals surface area contributed by atoms with Gasteiger partial charge in [0, 0.05) is 35.0 Å². The van der Waals surface area contributed by atoms with Gasteiger partial charge in [0.25, 0.3) is 0 Å². The molecule has 4 aromatic rings. The Labute approximate surface area is 261 Å². The van der Waals surface area contributed by atoms with E-state index in [1.807, 2.05) is 0 Å². The van der Waals surface area contributed by atoms with Gasteiger partial charge in [-0.2, -0.15) is 65.9 Å². The Bertz CT molecular complexity index is 1910. The number of rotatable bonds is 9. The summed E-state index contributed by atoms with van der Waals surface area (Å²) in [6.45, 7) is 0. The highest BCUT2D eigenvalue weighted by Crippen LogP contribution is 2.62. The molecule has 22 heteroatoms. The summed E-state index contributed by atoms with van der Waals surface area (Å²) in [5.41, 5.74) is -2.76. The van der Waals surface area contributed by atoms with Crippen LogP contribution in [-0.2, 0) is 7.86 Å². The lowest BCUT2D eigenvalue weighted by Gasteiger charge is -2.40. The second-order valence-corrected chi connectivity index (χ2v) is 13.8. The van der Waals surface area contributed by atoms with Crippen LogP contribution in [0.4, 0.5) is 65.9 Å². The number of halogens is 16. The highest BCUT2D eigenvalue weighted by atomic mass is 127. The molecule has 0 saturated carbocycles. The Morgan fingerprint density at radius 3 is 1.27 bits per heavy atom. The quantitative estimate of drug-likeness (QED) is 0.142. The third kappa shape index (κ3) is 5.63. The third-order valence-corrected chi connectivity index (χ3v) is 10.7. The summed E-state index contributed by atoms with van der Waals surface area (Å²) in [7, 11) is 0. The lowest BCUT2D eigenvalue weighted by molar-refractivity contribution is -1.04. The Balaban J connectivity index is 1.83. The Morgan fingerprint density at radius 2 is 0.875 bits per heavy atom. The molecule has 2 heterocycles. The van der Waals surface area contributed by atoms with Gasteiger partial charge in [0.2, 0.25) is 0 Å². The van der Waals surface area contributed by atoms with Crippen LogP contribution in [0.5, 0.6) is 0 Å². The van der Waals surface area contributed by atoms with Gasteiger partial charge >= 0.3 is 79.2 Å². The zero-order chi connectivity index (χ0) is 36.5. The van der Waals surface area contributed by atoms with Crippen LogP contribution in [-0.4, -0.2) is 47.7 Å². The first-order chi connectivity index (χ1) is 21.7.